The molecule has 0 spiro atoms. The van der Waals surface area contributed by atoms with Gasteiger partial charge in [0.05, 0.1) is 33.0 Å². The van der Waals surface area contributed by atoms with Crippen molar-refractivity contribution in [1.82, 2.24) is 4.90 Å². The SMILES string of the molecule is COc1cc(OC)c2c(c1)O[C@@]1(c3ccc(OC)c(CN4CCCC4)c3)[C@H](c3ccccc3)C[C@@H](O)[C@@]21O. The Morgan fingerprint density at radius 3 is 2.34 bits per heavy atom. The van der Waals surface area contributed by atoms with Crippen molar-refractivity contribution in [2.75, 3.05) is 34.4 Å². The van der Waals surface area contributed by atoms with Crippen LogP contribution in [0.3, 0.4) is 0 Å². The van der Waals surface area contributed by atoms with Crippen molar-refractivity contribution >= 4 is 0 Å². The van der Waals surface area contributed by atoms with Crippen molar-refractivity contribution in [2.24, 2.45) is 0 Å². The quantitative estimate of drug-likeness (QED) is 0.483. The number of likely N-dealkylation sites (tertiary alicyclic amines) is 1. The third-order valence-corrected chi connectivity index (χ3v) is 8.65. The highest BCUT2D eigenvalue weighted by Gasteiger charge is 2.73. The number of aliphatic hydroxyl groups is 2. The van der Waals surface area contributed by atoms with E-state index in [1.54, 1.807) is 33.5 Å². The largest absolute Gasteiger partial charge is 0.496 e. The van der Waals surface area contributed by atoms with Gasteiger partial charge in [0.15, 0.2) is 11.2 Å². The van der Waals surface area contributed by atoms with Crippen LogP contribution in [-0.2, 0) is 17.7 Å². The highest BCUT2D eigenvalue weighted by molar-refractivity contribution is 5.63. The van der Waals surface area contributed by atoms with Crippen LogP contribution in [0.2, 0.25) is 0 Å². The summed E-state index contributed by atoms with van der Waals surface area (Å²) in [5.74, 6) is 1.88. The minimum absolute atomic E-state index is 0.322. The molecular formula is C31H35NO6. The van der Waals surface area contributed by atoms with E-state index in [9.17, 15) is 10.2 Å². The number of hydrogen-bond donors (Lipinski definition) is 2. The lowest BCUT2D eigenvalue weighted by molar-refractivity contribution is -0.150. The van der Waals surface area contributed by atoms with Gasteiger partial charge in [-0.25, -0.2) is 0 Å². The average molecular weight is 518 g/mol. The lowest BCUT2D eigenvalue weighted by Crippen LogP contribution is -2.52. The molecule has 2 fully saturated rings. The van der Waals surface area contributed by atoms with Gasteiger partial charge in [-0.15, -0.1) is 0 Å². The third-order valence-electron chi connectivity index (χ3n) is 8.65. The Kier molecular flexibility index (Phi) is 6.25. The number of methoxy groups -OCH3 is 3. The molecule has 0 unspecified atom stereocenters. The van der Waals surface area contributed by atoms with Crippen molar-refractivity contribution in [3.63, 3.8) is 0 Å². The van der Waals surface area contributed by atoms with Crippen LogP contribution in [-0.4, -0.2) is 55.6 Å². The Balaban J connectivity index is 1.59. The molecular weight excluding hydrogens is 482 g/mol. The number of aliphatic hydroxyl groups excluding tert-OH is 1. The molecule has 3 aromatic carbocycles. The molecule has 200 valence electrons. The third kappa shape index (κ3) is 3.52. The van der Waals surface area contributed by atoms with Gasteiger partial charge in [0.1, 0.15) is 23.0 Å². The van der Waals surface area contributed by atoms with E-state index in [0.29, 0.717) is 29.2 Å². The lowest BCUT2D eigenvalue weighted by Gasteiger charge is -2.41. The van der Waals surface area contributed by atoms with Gasteiger partial charge in [0.25, 0.3) is 0 Å². The maximum Gasteiger partial charge on any atom is 0.176 e. The maximum atomic E-state index is 12.7. The number of hydrogen-bond acceptors (Lipinski definition) is 7. The first-order valence-corrected chi connectivity index (χ1v) is 13.3. The number of fused-ring (bicyclic) bond motifs is 3. The standard InChI is InChI=1S/C31H35NO6/c1-35-23-16-26(37-3)29-27(17-23)38-31(24(18-28(33)30(29,31)34)20-9-5-4-6-10-20)22-11-12-25(36-2)21(15-22)19-32-13-7-8-14-32/h4-6,9-12,15-17,24,28,33-34H,7-8,13-14,18-19H2,1-3H3/t24-,28+,30+,31-/m0/s1. The molecule has 2 N–H and O–H groups in total. The second-order valence-corrected chi connectivity index (χ2v) is 10.5. The normalized spacial score (nSPS) is 28.0. The average Bonchev–Trinajstić information content (AvgIpc) is 3.61. The van der Waals surface area contributed by atoms with Crippen LogP contribution < -0.4 is 18.9 Å². The van der Waals surface area contributed by atoms with Gasteiger partial charge < -0.3 is 29.2 Å². The zero-order valence-corrected chi connectivity index (χ0v) is 22.1. The van der Waals surface area contributed by atoms with Gasteiger partial charge in [0, 0.05) is 30.2 Å². The zero-order valence-electron chi connectivity index (χ0n) is 22.1. The Morgan fingerprint density at radius 2 is 1.66 bits per heavy atom. The van der Waals surface area contributed by atoms with E-state index >= 15 is 0 Å². The summed E-state index contributed by atoms with van der Waals surface area (Å²) in [6.07, 6.45) is 1.60. The predicted octanol–water partition coefficient (Wildman–Crippen LogP) is 4.33. The van der Waals surface area contributed by atoms with Crippen LogP contribution in [0.25, 0.3) is 0 Å². The molecule has 0 radical (unpaired) electrons. The first-order valence-electron chi connectivity index (χ1n) is 13.3. The minimum atomic E-state index is -1.76. The van der Waals surface area contributed by atoms with E-state index in [0.717, 1.165) is 42.1 Å². The fourth-order valence-corrected chi connectivity index (χ4v) is 6.90. The first-order chi connectivity index (χ1) is 18.5. The predicted molar refractivity (Wildman–Crippen MR) is 143 cm³/mol. The topological polar surface area (TPSA) is 80.6 Å². The van der Waals surface area contributed by atoms with Crippen LogP contribution in [0.5, 0.6) is 23.0 Å². The van der Waals surface area contributed by atoms with E-state index < -0.39 is 17.3 Å². The molecule has 1 saturated carbocycles. The van der Waals surface area contributed by atoms with Crippen LogP contribution in [0.1, 0.15) is 47.4 Å². The molecule has 4 atom stereocenters. The van der Waals surface area contributed by atoms with E-state index in [1.807, 2.05) is 42.5 Å². The molecule has 3 aliphatic rings. The Labute approximate surface area is 223 Å². The van der Waals surface area contributed by atoms with E-state index in [1.165, 1.54) is 12.8 Å². The number of ether oxygens (including phenoxy) is 4. The van der Waals surface area contributed by atoms with Crippen LogP contribution in [0.15, 0.2) is 60.7 Å². The van der Waals surface area contributed by atoms with E-state index in [-0.39, 0.29) is 5.92 Å². The molecule has 6 rings (SSSR count). The number of rotatable bonds is 7. The summed E-state index contributed by atoms with van der Waals surface area (Å²) in [5.41, 5.74) is 0.183. The molecule has 0 bridgehead atoms. The van der Waals surface area contributed by atoms with Crippen LogP contribution >= 0.6 is 0 Å². The van der Waals surface area contributed by atoms with Crippen molar-refractivity contribution in [3.8, 4) is 23.0 Å². The van der Waals surface area contributed by atoms with E-state index in [4.69, 9.17) is 18.9 Å². The zero-order chi connectivity index (χ0) is 26.5. The second kappa shape index (κ2) is 9.49. The summed E-state index contributed by atoms with van der Waals surface area (Å²) < 4.78 is 23.9. The molecule has 2 heterocycles. The summed E-state index contributed by atoms with van der Waals surface area (Å²) in [6, 6.07) is 19.5. The minimum Gasteiger partial charge on any atom is -0.496 e. The highest BCUT2D eigenvalue weighted by atomic mass is 16.5. The Morgan fingerprint density at radius 1 is 0.921 bits per heavy atom. The monoisotopic (exact) mass is 517 g/mol. The van der Waals surface area contributed by atoms with Gasteiger partial charge in [-0.05, 0) is 55.6 Å². The molecule has 38 heavy (non-hydrogen) atoms. The summed E-state index contributed by atoms with van der Waals surface area (Å²) in [7, 11) is 4.81. The van der Waals surface area contributed by atoms with Crippen molar-refractivity contribution in [3.05, 3.63) is 82.9 Å². The summed E-state index contributed by atoms with van der Waals surface area (Å²) >= 11 is 0. The smallest absolute Gasteiger partial charge is 0.176 e. The summed E-state index contributed by atoms with van der Waals surface area (Å²) in [4.78, 5) is 2.42. The van der Waals surface area contributed by atoms with Crippen molar-refractivity contribution in [1.29, 1.82) is 0 Å². The summed E-state index contributed by atoms with van der Waals surface area (Å²) in [5, 5.41) is 24.4. The van der Waals surface area contributed by atoms with E-state index in [2.05, 4.69) is 11.0 Å². The van der Waals surface area contributed by atoms with Crippen LogP contribution in [0.4, 0.5) is 0 Å². The fourth-order valence-electron chi connectivity index (χ4n) is 6.90. The van der Waals surface area contributed by atoms with Crippen LogP contribution in [0, 0.1) is 0 Å². The molecule has 0 aromatic heterocycles. The van der Waals surface area contributed by atoms with Crippen molar-refractivity contribution < 1.29 is 29.2 Å². The number of nitrogens with zero attached hydrogens (tertiary/aromatic N) is 1. The first kappa shape index (κ1) is 25.0. The molecule has 7 heteroatoms. The molecule has 7 nitrogen and oxygen atoms in total. The fraction of sp³-hybridized carbons (Fsp3) is 0.419. The summed E-state index contributed by atoms with van der Waals surface area (Å²) in [6.45, 7) is 2.84. The lowest BCUT2D eigenvalue weighted by atomic mass is 9.71. The Hall–Kier alpha value is -3.26. The highest BCUT2D eigenvalue weighted by Crippen LogP contribution is 2.68. The number of benzene rings is 3. The van der Waals surface area contributed by atoms with Gasteiger partial charge in [-0.2, -0.15) is 0 Å². The Bertz CT molecular complexity index is 1320. The van der Waals surface area contributed by atoms with Gasteiger partial charge in [-0.1, -0.05) is 36.4 Å². The molecule has 3 aromatic rings. The van der Waals surface area contributed by atoms with Gasteiger partial charge in [0.2, 0.25) is 0 Å². The molecule has 2 aliphatic heterocycles. The molecule has 0 amide bonds. The van der Waals surface area contributed by atoms with Crippen molar-refractivity contribution in [2.45, 2.75) is 49.0 Å². The second-order valence-electron chi connectivity index (χ2n) is 10.5. The maximum absolute atomic E-state index is 12.7. The molecule has 1 saturated heterocycles. The van der Waals surface area contributed by atoms with Gasteiger partial charge >= 0.3 is 0 Å². The molecule has 1 aliphatic carbocycles. The van der Waals surface area contributed by atoms with Gasteiger partial charge in [-0.3, -0.25) is 4.90 Å².